The van der Waals surface area contributed by atoms with Gasteiger partial charge in [-0.05, 0) is 44.7 Å². The van der Waals surface area contributed by atoms with Crippen LogP contribution in [-0.2, 0) is 15.9 Å². The van der Waals surface area contributed by atoms with Crippen molar-refractivity contribution in [2.45, 2.75) is 50.7 Å². The summed E-state index contributed by atoms with van der Waals surface area (Å²) >= 11 is 0. The first-order valence-electron chi connectivity index (χ1n) is 7.92. The number of fused-ring (bicyclic) bond motifs is 1. The fourth-order valence-corrected chi connectivity index (χ4v) is 3.14. The van der Waals surface area contributed by atoms with Gasteiger partial charge in [-0.2, -0.15) is 0 Å². The fraction of sp³-hybridized carbons (Fsp3) is 0.750. The van der Waals surface area contributed by atoms with Crippen LogP contribution in [0.4, 0.5) is 0 Å². The average molecular weight is 279 g/mol. The third-order valence-corrected chi connectivity index (χ3v) is 4.24. The van der Waals surface area contributed by atoms with Crippen molar-refractivity contribution < 1.29 is 13.9 Å². The first kappa shape index (κ1) is 14.1. The van der Waals surface area contributed by atoms with Gasteiger partial charge in [0, 0.05) is 31.2 Å². The molecule has 1 saturated heterocycles. The van der Waals surface area contributed by atoms with Crippen LogP contribution in [0, 0.1) is 0 Å². The Bertz CT molecular complexity index is 398. The zero-order valence-electron chi connectivity index (χ0n) is 12.1. The van der Waals surface area contributed by atoms with E-state index in [1.165, 1.54) is 30.6 Å². The second-order valence-corrected chi connectivity index (χ2v) is 5.76. The molecule has 2 heterocycles. The molecule has 4 heteroatoms. The molecule has 1 N–H and O–H groups in total. The van der Waals surface area contributed by atoms with Crippen LogP contribution in [-0.4, -0.2) is 32.5 Å². The molecule has 0 amide bonds. The van der Waals surface area contributed by atoms with Crippen molar-refractivity contribution >= 4 is 0 Å². The Morgan fingerprint density at radius 3 is 3.20 bits per heavy atom. The lowest BCUT2D eigenvalue weighted by molar-refractivity contribution is 0.0165. The summed E-state index contributed by atoms with van der Waals surface area (Å²) in [6.07, 6.45) is 9.07. The molecule has 2 aliphatic rings. The maximum absolute atomic E-state index is 5.68. The molecule has 0 spiro atoms. The summed E-state index contributed by atoms with van der Waals surface area (Å²) in [4.78, 5) is 0. The van der Waals surface area contributed by atoms with E-state index >= 15 is 0 Å². The molecule has 20 heavy (non-hydrogen) atoms. The van der Waals surface area contributed by atoms with E-state index in [1.54, 1.807) is 0 Å². The molecule has 0 saturated carbocycles. The van der Waals surface area contributed by atoms with E-state index in [-0.39, 0.29) is 0 Å². The summed E-state index contributed by atoms with van der Waals surface area (Å²) in [6, 6.07) is 2.58. The van der Waals surface area contributed by atoms with E-state index < -0.39 is 0 Å². The molecule has 1 aromatic rings. The minimum absolute atomic E-state index is 0.342. The van der Waals surface area contributed by atoms with Crippen LogP contribution in [0.25, 0.3) is 0 Å². The molecular weight excluding hydrogens is 254 g/mol. The molecule has 1 aromatic heterocycles. The molecule has 0 aromatic carbocycles. The number of hydrogen-bond donors (Lipinski definition) is 1. The highest BCUT2D eigenvalue weighted by atomic mass is 16.5. The number of hydrogen-bond acceptors (Lipinski definition) is 4. The van der Waals surface area contributed by atoms with Crippen molar-refractivity contribution in [2.75, 3.05) is 26.4 Å². The van der Waals surface area contributed by atoms with Crippen LogP contribution in [0.5, 0.6) is 0 Å². The fourth-order valence-electron chi connectivity index (χ4n) is 3.14. The van der Waals surface area contributed by atoms with Gasteiger partial charge >= 0.3 is 0 Å². The van der Waals surface area contributed by atoms with Crippen LogP contribution in [0.15, 0.2) is 16.7 Å². The summed E-state index contributed by atoms with van der Waals surface area (Å²) < 4.78 is 16.7. The second kappa shape index (κ2) is 7.25. The van der Waals surface area contributed by atoms with Gasteiger partial charge in [-0.3, -0.25) is 0 Å². The zero-order valence-corrected chi connectivity index (χ0v) is 12.1. The van der Waals surface area contributed by atoms with Gasteiger partial charge in [-0.15, -0.1) is 0 Å². The zero-order chi connectivity index (χ0) is 13.6. The Morgan fingerprint density at radius 1 is 1.30 bits per heavy atom. The minimum Gasteiger partial charge on any atom is -0.469 e. The van der Waals surface area contributed by atoms with Gasteiger partial charge in [-0.25, -0.2) is 0 Å². The van der Waals surface area contributed by atoms with Crippen LogP contribution in [0.3, 0.4) is 0 Å². The first-order valence-corrected chi connectivity index (χ1v) is 7.92. The topological polar surface area (TPSA) is 43.6 Å². The second-order valence-electron chi connectivity index (χ2n) is 5.76. The Labute approximate surface area is 120 Å². The lowest BCUT2D eigenvalue weighted by atomic mass is 9.93. The summed E-state index contributed by atoms with van der Waals surface area (Å²) in [6.45, 7) is 3.48. The molecule has 1 aliphatic carbocycles. The maximum Gasteiger partial charge on any atom is 0.108 e. The highest BCUT2D eigenvalue weighted by molar-refractivity contribution is 5.23. The monoisotopic (exact) mass is 279 g/mol. The normalized spacial score (nSPS) is 25.8. The van der Waals surface area contributed by atoms with E-state index in [0.29, 0.717) is 12.1 Å². The number of aryl methyl sites for hydroxylation is 1. The highest BCUT2D eigenvalue weighted by Crippen LogP contribution is 2.30. The summed E-state index contributed by atoms with van der Waals surface area (Å²) in [7, 11) is 0. The standard InChI is InChI=1S/C16H25NO3/c1-5-15(14-7-11-20-16(14)6-1)17-8-3-9-18-12-13-4-2-10-19-13/h7,11,13,15,17H,1-6,8-10,12H2. The van der Waals surface area contributed by atoms with E-state index in [4.69, 9.17) is 13.9 Å². The summed E-state index contributed by atoms with van der Waals surface area (Å²) in [5, 5.41) is 3.62. The molecule has 2 unspecified atom stereocenters. The molecule has 112 valence electrons. The molecule has 4 nitrogen and oxygen atoms in total. The molecule has 0 bridgehead atoms. The highest BCUT2D eigenvalue weighted by Gasteiger charge is 2.21. The quantitative estimate of drug-likeness (QED) is 0.779. The van der Waals surface area contributed by atoms with Crippen molar-refractivity contribution in [2.24, 2.45) is 0 Å². The van der Waals surface area contributed by atoms with Gasteiger partial charge in [-0.1, -0.05) is 0 Å². The predicted octanol–water partition coefficient (Wildman–Crippen LogP) is 2.83. The Balaban J connectivity index is 1.29. The molecule has 1 fully saturated rings. The maximum atomic E-state index is 5.68. The van der Waals surface area contributed by atoms with Crippen molar-refractivity contribution in [3.63, 3.8) is 0 Å². The van der Waals surface area contributed by atoms with Gasteiger partial charge in [0.2, 0.25) is 0 Å². The van der Waals surface area contributed by atoms with Crippen LogP contribution < -0.4 is 5.32 Å². The third kappa shape index (κ3) is 3.62. The van der Waals surface area contributed by atoms with Gasteiger partial charge in [0.1, 0.15) is 5.76 Å². The molecule has 3 rings (SSSR count). The Kier molecular flexibility index (Phi) is 5.12. The predicted molar refractivity (Wildman–Crippen MR) is 76.8 cm³/mol. The van der Waals surface area contributed by atoms with Crippen molar-refractivity contribution in [3.8, 4) is 0 Å². The molecular formula is C16H25NO3. The number of nitrogens with one attached hydrogen (secondary N) is 1. The van der Waals surface area contributed by atoms with E-state index in [2.05, 4.69) is 11.4 Å². The minimum atomic E-state index is 0.342. The number of rotatable bonds is 7. The molecule has 0 radical (unpaired) electrons. The third-order valence-electron chi connectivity index (χ3n) is 4.24. The first-order chi connectivity index (χ1) is 9.93. The Morgan fingerprint density at radius 2 is 2.30 bits per heavy atom. The SMILES string of the molecule is c1cc2c(o1)CCCC2NCCCOCC1CCCO1. The van der Waals surface area contributed by atoms with Crippen molar-refractivity contribution in [3.05, 3.63) is 23.7 Å². The molecule has 1 aliphatic heterocycles. The van der Waals surface area contributed by atoms with Crippen molar-refractivity contribution in [1.82, 2.24) is 5.32 Å². The van der Waals surface area contributed by atoms with Crippen LogP contribution in [0.2, 0.25) is 0 Å². The number of furan rings is 1. The number of ether oxygens (including phenoxy) is 2. The van der Waals surface area contributed by atoms with Gasteiger partial charge in [0.15, 0.2) is 0 Å². The van der Waals surface area contributed by atoms with E-state index in [9.17, 15) is 0 Å². The Hall–Kier alpha value is -0.840. The lowest BCUT2D eigenvalue weighted by Crippen LogP contribution is -2.26. The molecule has 2 atom stereocenters. The largest absolute Gasteiger partial charge is 0.469 e. The average Bonchev–Trinajstić information content (AvgIpc) is 3.13. The summed E-state index contributed by atoms with van der Waals surface area (Å²) in [5.74, 6) is 1.17. The van der Waals surface area contributed by atoms with Gasteiger partial charge in [0.25, 0.3) is 0 Å². The van der Waals surface area contributed by atoms with Crippen LogP contribution in [0.1, 0.15) is 49.5 Å². The smallest absolute Gasteiger partial charge is 0.108 e. The van der Waals surface area contributed by atoms with Crippen LogP contribution >= 0.6 is 0 Å². The lowest BCUT2D eigenvalue weighted by Gasteiger charge is -2.22. The summed E-state index contributed by atoms with van der Waals surface area (Å²) in [5.41, 5.74) is 1.36. The van der Waals surface area contributed by atoms with E-state index in [1.807, 2.05) is 6.26 Å². The van der Waals surface area contributed by atoms with Gasteiger partial charge in [0.05, 0.1) is 19.0 Å². The van der Waals surface area contributed by atoms with Crippen molar-refractivity contribution in [1.29, 1.82) is 0 Å². The van der Waals surface area contributed by atoms with E-state index in [0.717, 1.165) is 45.6 Å². The van der Waals surface area contributed by atoms with Gasteiger partial charge < -0.3 is 19.2 Å².